The van der Waals surface area contributed by atoms with Crippen LogP contribution >= 0.6 is 0 Å². The van der Waals surface area contributed by atoms with Gasteiger partial charge in [-0.1, -0.05) is 0 Å². The lowest BCUT2D eigenvalue weighted by Gasteiger charge is -2.14. The number of aromatic nitrogens is 2. The van der Waals surface area contributed by atoms with E-state index in [1.807, 2.05) is 13.8 Å². The fourth-order valence-corrected chi connectivity index (χ4v) is 2.37. The van der Waals surface area contributed by atoms with E-state index in [9.17, 15) is 14.7 Å². The maximum absolute atomic E-state index is 12.4. The van der Waals surface area contributed by atoms with Crippen molar-refractivity contribution in [2.24, 2.45) is 0 Å². The first-order valence-corrected chi connectivity index (χ1v) is 5.91. The van der Waals surface area contributed by atoms with Crippen molar-refractivity contribution in [1.29, 1.82) is 0 Å². The van der Waals surface area contributed by atoms with Gasteiger partial charge in [0.05, 0.1) is 10.9 Å². The molecule has 94 valence electrons. The van der Waals surface area contributed by atoms with Gasteiger partial charge in [-0.2, -0.15) is 0 Å². The Labute approximate surface area is 103 Å². The standard InChI is InChI=1S/C13H14N2O3/c1-7-5-14-10-8(12(17)18)6-15(11(16)9(7)10)13(2)3-4-13/h5-6,14H,3-4H2,1-2H3,(H,17,18). The molecule has 0 atom stereocenters. The molecule has 0 amide bonds. The van der Waals surface area contributed by atoms with E-state index >= 15 is 0 Å². The van der Waals surface area contributed by atoms with Crippen molar-refractivity contribution in [1.82, 2.24) is 9.55 Å². The van der Waals surface area contributed by atoms with Crippen molar-refractivity contribution in [2.75, 3.05) is 0 Å². The Morgan fingerprint density at radius 2 is 2.17 bits per heavy atom. The van der Waals surface area contributed by atoms with Gasteiger partial charge in [-0.15, -0.1) is 0 Å². The van der Waals surface area contributed by atoms with Crippen LogP contribution in [0, 0.1) is 6.92 Å². The Morgan fingerprint density at radius 3 is 2.72 bits per heavy atom. The number of carboxylic acids is 1. The Hall–Kier alpha value is -2.04. The highest BCUT2D eigenvalue weighted by Crippen LogP contribution is 2.42. The molecular formula is C13H14N2O3. The molecule has 1 aliphatic rings. The van der Waals surface area contributed by atoms with Crippen molar-refractivity contribution in [3.8, 4) is 0 Å². The van der Waals surface area contributed by atoms with Gasteiger partial charge >= 0.3 is 5.97 Å². The highest BCUT2D eigenvalue weighted by atomic mass is 16.4. The molecule has 5 nitrogen and oxygen atoms in total. The molecule has 0 aromatic carbocycles. The van der Waals surface area contributed by atoms with Crippen molar-refractivity contribution in [3.63, 3.8) is 0 Å². The lowest BCUT2D eigenvalue weighted by atomic mass is 10.1. The molecule has 2 heterocycles. The van der Waals surface area contributed by atoms with Crippen LogP contribution < -0.4 is 5.56 Å². The van der Waals surface area contributed by atoms with E-state index in [1.54, 1.807) is 10.8 Å². The molecule has 0 bridgehead atoms. The van der Waals surface area contributed by atoms with E-state index in [-0.39, 0.29) is 16.7 Å². The molecule has 2 N–H and O–H groups in total. The number of hydrogen-bond acceptors (Lipinski definition) is 2. The number of hydrogen-bond donors (Lipinski definition) is 2. The SMILES string of the molecule is Cc1c[nH]c2c(C(=O)O)cn(C3(C)CC3)c(=O)c12. The fourth-order valence-electron chi connectivity index (χ4n) is 2.37. The van der Waals surface area contributed by atoms with Crippen molar-refractivity contribution in [2.45, 2.75) is 32.2 Å². The van der Waals surface area contributed by atoms with E-state index < -0.39 is 5.97 Å². The fraction of sp³-hybridized carbons (Fsp3) is 0.385. The van der Waals surface area contributed by atoms with Crippen LogP contribution in [0.1, 0.15) is 35.7 Å². The summed E-state index contributed by atoms with van der Waals surface area (Å²) in [6.07, 6.45) is 4.98. The van der Waals surface area contributed by atoms with Gasteiger partial charge in [0, 0.05) is 17.9 Å². The Bertz CT molecular complexity index is 720. The molecule has 0 unspecified atom stereocenters. The molecule has 1 aliphatic carbocycles. The third-order valence-electron chi connectivity index (χ3n) is 3.82. The van der Waals surface area contributed by atoms with E-state index in [0.717, 1.165) is 18.4 Å². The predicted octanol–water partition coefficient (Wildman–Crippen LogP) is 1.85. The third-order valence-corrected chi connectivity index (χ3v) is 3.82. The molecule has 2 aromatic rings. The summed E-state index contributed by atoms with van der Waals surface area (Å²) < 4.78 is 1.58. The maximum Gasteiger partial charge on any atom is 0.339 e. The first-order valence-electron chi connectivity index (χ1n) is 5.91. The van der Waals surface area contributed by atoms with Gasteiger partial charge < -0.3 is 14.7 Å². The van der Waals surface area contributed by atoms with Gasteiger partial charge in [-0.05, 0) is 32.3 Å². The summed E-state index contributed by atoms with van der Waals surface area (Å²) in [6, 6.07) is 0. The number of carbonyl (C=O) groups is 1. The van der Waals surface area contributed by atoms with Crippen molar-refractivity contribution in [3.05, 3.63) is 33.9 Å². The number of pyridine rings is 1. The molecule has 0 spiro atoms. The highest BCUT2D eigenvalue weighted by Gasteiger charge is 2.41. The lowest BCUT2D eigenvalue weighted by Crippen LogP contribution is -2.29. The molecule has 1 saturated carbocycles. The summed E-state index contributed by atoms with van der Waals surface area (Å²) in [6.45, 7) is 3.79. The monoisotopic (exact) mass is 246 g/mol. The van der Waals surface area contributed by atoms with Gasteiger partial charge in [0.15, 0.2) is 0 Å². The van der Waals surface area contributed by atoms with E-state index in [4.69, 9.17) is 0 Å². The van der Waals surface area contributed by atoms with Crippen LogP contribution in [-0.2, 0) is 5.54 Å². The van der Waals surface area contributed by atoms with Crippen LogP contribution in [0.5, 0.6) is 0 Å². The second kappa shape index (κ2) is 3.25. The normalized spacial score (nSPS) is 17.0. The van der Waals surface area contributed by atoms with Gasteiger partial charge in [-0.25, -0.2) is 4.79 Å². The lowest BCUT2D eigenvalue weighted by molar-refractivity contribution is 0.0697. The highest BCUT2D eigenvalue weighted by molar-refractivity contribution is 6.02. The molecule has 2 aromatic heterocycles. The number of nitrogens with zero attached hydrogens (tertiary/aromatic N) is 1. The third kappa shape index (κ3) is 1.33. The zero-order valence-electron chi connectivity index (χ0n) is 10.3. The first kappa shape index (κ1) is 11.1. The molecule has 1 fully saturated rings. The van der Waals surface area contributed by atoms with Crippen LogP contribution in [-0.4, -0.2) is 20.6 Å². The van der Waals surface area contributed by atoms with Crippen molar-refractivity contribution < 1.29 is 9.90 Å². The summed E-state index contributed by atoms with van der Waals surface area (Å²) in [7, 11) is 0. The topological polar surface area (TPSA) is 75.1 Å². The maximum atomic E-state index is 12.4. The zero-order valence-corrected chi connectivity index (χ0v) is 10.3. The summed E-state index contributed by atoms with van der Waals surface area (Å²) in [4.78, 5) is 26.6. The van der Waals surface area contributed by atoms with Crippen LogP contribution in [0.3, 0.4) is 0 Å². The van der Waals surface area contributed by atoms with Crippen LogP contribution in [0.15, 0.2) is 17.2 Å². The molecule has 3 rings (SSSR count). The first-order chi connectivity index (χ1) is 8.44. The number of fused-ring (bicyclic) bond motifs is 1. The number of nitrogens with one attached hydrogen (secondary N) is 1. The van der Waals surface area contributed by atoms with Crippen LogP contribution in [0.4, 0.5) is 0 Å². The van der Waals surface area contributed by atoms with Crippen LogP contribution in [0.25, 0.3) is 10.9 Å². The van der Waals surface area contributed by atoms with E-state index in [2.05, 4.69) is 4.98 Å². The largest absolute Gasteiger partial charge is 0.478 e. The number of rotatable bonds is 2. The number of aromatic amines is 1. The predicted molar refractivity (Wildman–Crippen MR) is 67.1 cm³/mol. The summed E-state index contributed by atoms with van der Waals surface area (Å²) in [5, 5.41) is 9.75. The van der Waals surface area contributed by atoms with Gasteiger partial charge in [-0.3, -0.25) is 4.79 Å². The minimum absolute atomic E-state index is 0.103. The molecule has 0 saturated heterocycles. The minimum Gasteiger partial charge on any atom is -0.478 e. The smallest absolute Gasteiger partial charge is 0.339 e. The number of aromatic carboxylic acids is 1. The van der Waals surface area contributed by atoms with Gasteiger partial charge in [0.2, 0.25) is 0 Å². The zero-order chi connectivity index (χ0) is 13.1. The Balaban J connectivity index is 2.46. The Kier molecular flexibility index (Phi) is 2.00. The number of H-pyrrole nitrogens is 1. The molecule has 5 heteroatoms. The van der Waals surface area contributed by atoms with Gasteiger partial charge in [0.1, 0.15) is 5.56 Å². The van der Waals surface area contributed by atoms with E-state index in [1.165, 1.54) is 6.20 Å². The summed E-state index contributed by atoms with van der Waals surface area (Å²) in [5.74, 6) is -1.01. The summed E-state index contributed by atoms with van der Waals surface area (Å²) in [5.41, 5.74) is 1.06. The molecule has 0 aliphatic heterocycles. The average molecular weight is 246 g/mol. The second-order valence-electron chi connectivity index (χ2n) is 5.24. The number of carboxylic acid groups (broad SMARTS) is 1. The van der Waals surface area contributed by atoms with Crippen LogP contribution in [0.2, 0.25) is 0 Å². The Morgan fingerprint density at radius 1 is 1.50 bits per heavy atom. The molecule has 18 heavy (non-hydrogen) atoms. The second-order valence-corrected chi connectivity index (χ2v) is 5.24. The van der Waals surface area contributed by atoms with E-state index in [0.29, 0.717) is 10.9 Å². The quantitative estimate of drug-likeness (QED) is 0.849. The minimum atomic E-state index is -1.01. The number of aryl methyl sites for hydroxylation is 1. The van der Waals surface area contributed by atoms with Crippen molar-refractivity contribution >= 4 is 16.9 Å². The molecular weight excluding hydrogens is 232 g/mol. The summed E-state index contributed by atoms with van der Waals surface area (Å²) >= 11 is 0. The van der Waals surface area contributed by atoms with Gasteiger partial charge in [0.25, 0.3) is 5.56 Å². The average Bonchev–Trinajstić information content (AvgIpc) is 2.92. The molecule has 0 radical (unpaired) electrons.